The molecule has 148 valence electrons. The lowest BCUT2D eigenvalue weighted by molar-refractivity contribution is 0.0971. The SMILES string of the molecule is CC(C)(C)c1cc(C2C(=O)c3ccccc3C(O)=C2Cl)cc(C(C)(C)C)c1O. The number of phenols is 1. The fraction of sp³-hybridized carbons (Fsp3) is 0.375. The smallest absolute Gasteiger partial charge is 0.176 e. The summed E-state index contributed by atoms with van der Waals surface area (Å²) in [6.45, 7) is 12.1. The third-order valence-electron chi connectivity index (χ3n) is 5.27. The minimum absolute atomic E-state index is 0.0652. The Balaban J connectivity index is 2.30. The zero-order valence-corrected chi connectivity index (χ0v) is 18.0. The Morgan fingerprint density at radius 1 is 0.857 bits per heavy atom. The number of Topliss-reactive ketones (excluding diaryl/α,β-unsaturated/α-hetero) is 1. The number of allylic oxidation sites excluding steroid dienone is 1. The Morgan fingerprint density at radius 2 is 1.32 bits per heavy atom. The van der Waals surface area contributed by atoms with E-state index in [-0.39, 0.29) is 33.2 Å². The topological polar surface area (TPSA) is 57.5 Å². The quantitative estimate of drug-likeness (QED) is 0.581. The van der Waals surface area contributed by atoms with Crippen LogP contribution in [-0.4, -0.2) is 16.0 Å². The molecule has 1 aliphatic rings. The second-order valence-corrected chi connectivity index (χ2v) is 9.91. The average molecular weight is 399 g/mol. The summed E-state index contributed by atoms with van der Waals surface area (Å²) >= 11 is 6.51. The van der Waals surface area contributed by atoms with Crippen molar-refractivity contribution < 1.29 is 15.0 Å². The van der Waals surface area contributed by atoms with E-state index in [1.165, 1.54) is 0 Å². The lowest BCUT2D eigenvalue weighted by atomic mass is 9.75. The van der Waals surface area contributed by atoms with Gasteiger partial charge in [0.05, 0.1) is 11.0 Å². The van der Waals surface area contributed by atoms with Crippen molar-refractivity contribution in [2.24, 2.45) is 0 Å². The van der Waals surface area contributed by atoms with Crippen LogP contribution in [0.2, 0.25) is 0 Å². The summed E-state index contributed by atoms with van der Waals surface area (Å²) < 4.78 is 0. The van der Waals surface area contributed by atoms with Crippen molar-refractivity contribution in [3.8, 4) is 5.75 Å². The van der Waals surface area contributed by atoms with Gasteiger partial charge in [0, 0.05) is 11.1 Å². The molecule has 3 rings (SSSR count). The van der Waals surface area contributed by atoms with E-state index in [1.807, 2.05) is 53.7 Å². The molecule has 0 aliphatic heterocycles. The van der Waals surface area contributed by atoms with Gasteiger partial charge in [-0.2, -0.15) is 0 Å². The Kier molecular flexibility index (Phi) is 4.87. The van der Waals surface area contributed by atoms with Crippen LogP contribution in [0.1, 0.15) is 80.1 Å². The molecule has 1 aliphatic carbocycles. The molecule has 0 radical (unpaired) electrons. The van der Waals surface area contributed by atoms with Gasteiger partial charge in [-0.1, -0.05) is 89.5 Å². The van der Waals surface area contributed by atoms with Crippen molar-refractivity contribution in [2.75, 3.05) is 0 Å². The van der Waals surface area contributed by atoms with Crippen LogP contribution in [0.15, 0.2) is 41.4 Å². The number of hydrogen-bond acceptors (Lipinski definition) is 3. The molecule has 0 aromatic heterocycles. The van der Waals surface area contributed by atoms with E-state index in [2.05, 4.69) is 0 Å². The number of fused-ring (bicyclic) bond motifs is 1. The van der Waals surface area contributed by atoms with Crippen LogP contribution in [0.25, 0.3) is 5.76 Å². The summed E-state index contributed by atoms with van der Waals surface area (Å²) in [4.78, 5) is 13.3. The number of hydrogen-bond donors (Lipinski definition) is 2. The van der Waals surface area contributed by atoms with Crippen molar-refractivity contribution >= 4 is 23.1 Å². The Labute approximate surface area is 171 Å². The van der Waals surface area contributed by atoms with Gasteiger partial charge in [-0.3, -0.25) is 4.79 Å². The van der Waals surface area contributed by atoms with Crippen molar-refractivity contribution in [2.45, 2.75) is 58.3 Å². The van der Waals surface area contributed by atoms with Gasteiger partial charge in [-0.25, -0.2) is 0 Å². The predicted molar refractivity (Wildman–Crippen MR) is 114 cm³/mol. The monoisotopic (exact) mass is 398 g/mol. The first kappa shape index (κ1) is 20.5. The van der Waals surface area contributed by atoms with Crippen LogP contribution in [0.3, 0.4) is 0 Å². The molecule has 0 fully saturated rings. The van der Waals surface area contributed by atoms with Crippen LogP contribution in [0.4, 0.5) is 0 Å². The van der Waals surface area contributed by atoms with E-state index >= 15 is 0 Å². The summed E-state index contributed by atoms with van der Waals surface area (Å²) in [7, 11) is 0. The third-order valence-corrected chi connectivity index (χ3v) is 5.67. The molecule has 1 unspecified atom stereocenters. The molecule has 0 spiro atoms. The number of benzene rings is 2. The van der Waals surface area contributed by atoms with Gasteiger partial charge in [0.1, 0.15) is 11.5 Å². The van der Waals surface area contributed by atoms with Gasteiger partial charge in [0.25, 0.3) is 0 Å². The second-order valence-electron chi connectivity index (χ2n) is 9.50. The molecule has 2 aromatic rings. The zero-order chi connectivity index (χ0) is 21.0. The first-order valence-corrected chi connectivity index (χ1v) is 9.82. The Morgan fingerprint density at radius 3 is 1.79 bits per heavy atom. The molecule has 2 aromatic carbocycles. The minimum atomic E-state index is -0.792. The van der Waals surface area contributed by atoms with Crippen molar-refractivity contribution in [1.82, 2.24) is 0 Å². The molecular formula is C24H27ClO3. The van der Waals surface area contributed by atoms with Crippen molar-refractivity contribution in [3.05, 3.63) is 69.2 Å². The maximum absolute atomic E-state index is 13.3. The normalized spacial score (nSPS) is 17.7. The highest BCUT2D eigenvalue weighted by atomic mass is 35.5. The van der Waals surface area contributed by atoms with E-state index in [1.54, 1.807) is 24.3 Å². The first-order chi connectivity index (χ1) is 12.8. The van der Waals surface area contributed by atoms with Gasteiger partial charge in [0.2, 0.25) is 0 Å². The van der Waals surface area contributed by atoms with E-state index < -0.39 is 5.92 Å². The number of halogens is 1. The number of phenolic OH excluding ortho intramolecular Hbond substituents is 1. The van der Waals surface area contributed by atoms with Gasteiger partial charge < -0.3 is 10.2 Å². The summed E-state index contributed by atoms with van der Waals surface area (Å²) in [5.74, 6) is -0.760. The molecule has 0 amide bonds. The second kappa shape index (κ2) is 6.66. The number of carbonyl (C=O) groups excluding carboxylic acids is 1. The lowest BCUT2D eigenvalue weighted by Gasteiger charge is -2.31. The summed E-state index contributed by atoms with van der Waals surface area (Å²) in [5, 5.41) is 21.7. The summed E-state index contributed by atoms with van der Waals surface area (Å²) in [6.07, 6.45) is 0. The van der Waals surface area contributed by atoms with Crippen LogP contribution in [0.5, 0.6) is 5.75 Å². The van der Waals surface area contributed by atoms with Crippen LogP contribution in [0, 0.1) is 0 Å². The molecular weight excluding hydrogens is 372 g/mol. The number of aromatic hydroxyl groups is 1. The number of carbonyl (C=O) groups is 1. The Hall–Kier alpha value is -2.26. The molecule has 1 atom stereocenters. The minimum Gasteiger partial charge on any atom is -0.507 e. The Bertz CT molecular complexity index is 953. The molecule has 3 nitrogen and oxygen atoms in total. The highest BCUT2D eigenvalue weighted by Gasteiger charge is 2.37. The van der Waals surface area contributed by atoms with Crippen molar-refractivity contribution in [3.63, 3.8) is 0 Å². The number of aliphatic hydroxyl groups is 1. The van der Waals surface area contributed by atoms with Gasteiger partial charge >= 0.3 is 0 Å². The van der Waals surface area contributed by atoms with Crippen LogP contribution in [-0.2, 0) is 10.8 Å². The predicted octanol–water partition coefficient (Wildman–Crippen LogP) is 6.43. The zero-order valence-electron chi connectivity index (χ0n) is 17.2. The fourth-order valence-corrected chi connectivity index (χ4v) is 4.03. The third kappa shape index (κ3) is 3.33. The molecule has 0 bridgehead atoms. The maximum atomic E-state index is 13.3. The molecule has 0 heterocycles. The van der Waals surface area contributed by atoms with E-state index in [0.717, 1.165) is 11.1 Å². The number of aliphatic hydroxyl groups excluding tert-OH is 1. The average Bonchev–Trinajstić information content (AvgIpc) is 2.59. The van der Waals surface area contributed by atoms with Gasteiger partial charge in [0.15, 0.2) is 5.78 Å². The summed E-state index contributed by atoms with van der Waals surface area (Å²) in [5.41, 5.74) is 2.46. The molecule has 4 heteroatoms. The molecule has 0 saturated heterocycles. The van der Waals surface area contributed by atoms with E-state index in [9.17, 15) is 15.0 Å². The number of ketones is 1. The summed E-state index contributed by atoms with van der Waals surface area (Å²) in [6, 6.07) is 10.6. The molecule has 28 heavy (non-hydrogen) atoms. The highest BCUT2D eigenvalue weighted by molar-refractivity contribution is 6.37. The van der Waals surface area contributed by atoms with Crippen LogP contribution >= 0.6 is 11.6 Å². The first-order valence-electron chi connectivity index (χ1n) is 9.44. The van der Waals surface area contributed by atoms with Gasteiger partial charge in [-0.05, 0) is 27.5 Å². The van der Waals surface area contributed by atoms with Crippen molar-refractivity contribution in [1.29, 1.82) is 0 Å². The largest absolute Gasteiger partial charge is 0.507 e. The van der Waals surface area contributed by atoms with E-state index in [4.69, 9.17) is 11.6 Å². The van der Waals surface area contributed by atoms with Gasteiger partial charge in [-0.15, -0.1) is 0 Å². The maximum Gasteiger partial charge on any atom is 0.176 e. The van der Waals surface area contributed by atoms with E-state index in [0.29, 0.717) is 16.7 Å². The lowest BCUT2D eigenvalue weighted by Crippen LogP contribution is -2.23. The molecule has 0 saturated carbocycles. The molecule has 2 N–H and O–H groups in total. The highest BCUT2D eigenvalue weighted by Crippen LogP contribution is 2.46. The number of rotatable bonds is 1. The standard InChI is InChI=1S/C24H27ClO3/c1-23(2,3)16-11-13(12-17(22(16)28)24(4,5)6)18-19(25)21(27)15-10-8-7-9-14(15)20(18)26/h7-12,18,27-28H,1-6H3. The fourth-order valence-electron chi connectivity index (χ4n) is 3.71. The van der Waals surface area contributed by atoms with Crippen LogP contribution < -0.4 is 0 Å².